The molecule has 0 spiro atoms. The molecule has 0 bridgehead atoms. The molecule has 1 N–H and O–H groups in total. The number of nitrogens with zero attached hydrogens (tertiary/aromatic N) is 2. The third-order valence-electron chi connectivity index (χ3n) is 3.76. The van der Waals surface area contributed by atoms with Crippen LogP contribution >= 0.6 is 15.9 Å². The number of hydrogen-bond acceptors (Lipinski definition) is 3. The molecule has 19 heavy (non-hydrogen) atoms. The van der Waals surface area contributed by atoms with Crippen LogP contribution in [0.1, 0.15) is 25.8 Å². The number of halogens is 1. The Labute approximate surface area is 123 Å². The number of hydrogen-bond donors (Lipinski definition) is 1. The van der Waals surface area contributed by atoms with Crippen molar-refractivity contribution in [1.29, 1.82) is 5.26 Å². The van der Waals surface area contributed by atoms with E-state index >= 15 is 0 Å². The van der Waals surface area contributed by atoms with Crippen molar-refractivity contribution in [3.8, 4) is 6.07 Å². The van der Waals surface area contributed by atoms with Crippen LogP contribution in [0, 0.1) is 18.3 Å². The first-order valence-electron chi connectivity index (χ1n) is 6.58. The lowest BCUT2D eigenvalue weighted by atomic mass is 9.95. The van der Waals surface area contributed by atoms with Gasteiger partial charge in [0.25, 0.3) is 0 Å². The van der Waals surface area contributed by atoms with Crippen LogP contribution in [0.4, 0.5) is 5.69 Å². The van der Waals surface area contributed by atoms with E-state index in [4.69, 9.17) is 5.26 Å². The number of anilines is 1. The van der Waals surface area contributed by atoms with Crippen LogP contribution in [0.2, 0.25) is 0 Å². The van der Waals surface area contributed by atoms with Crippen LogP contribution in [-0.4, -0.2) is 24.7 Å². The SMILES string of the molecule is Cc1ccc(N2CC(CC#N)NCC2(C)C)cc1Br. The van der Waals surface area contributed by atoms with Crippen LogP contribution in [0.5, 0.6) is 0 Å². The molecule has 1 unspecified atom stereocenters. The number of benzene rings is 1. The molecule has 0 saturated carbocycles. The smallest absolute Gasteiger partial charge is 0.0638 e. The van der Waals surface area contributed by atoms with E-state index in [1.807, 2.05) is 0 Å². The summed E-state index contributed by atoms with van der Waals surface area (Å²) < 4.78 is 1.14. The van der Waals surface area contributed by atoms with Crippen molar-refractivity contribution in [2.75, 3.05) is 18.0 Å². The maximum Gasteiger partial charge on any atom is 0.0638 e. The van der Waals surface area contributed by atoms with Crippen molar-refractivity contribution in [1.82, 2.24) is 5.32 Å². The summed E-state index contributed by atoms with van der Waals surface area (Å²) in [4.78, 5) is 2.40. The lowest BCUT2D eigenvalue weighted by Crippen LogP contribution is -2.62. The Hall–Kier alpha value is -1.05. The summed E-state index contributed by atoms with van der Waals surface area (Å²) in [6.07, 6.45) is 0.555. The summed E-state index contributed by atoms with van der Waals surface area (Å²) in [6.45, 7) is 8.32. The van der Waals surface area contributed by atoms with Gasteiger partial charge in [0, 0.05) is 34.8 Å². The molecular formula is C15H20BrN3. The third kappa shape index (κ3) is 3.10. The number of piperazine rings is 1. The van der Waals surface area contributed by atoms with E-state index in [0.717, 1.165) is 17.6 Å². The van der Waals surface area contributed by atoms with Gasteiger partial charge in [-0.05, 0) is 38.5 Å². The first-order valence-corrected chi connectivity index (χ1v) is 7.37. The average molecular weight is 322 g/mol. The zero-order chi connectivity index (χ0) is 14.0. The summed E-state index contributed by atoms with van der Waals surface area (Å²) in [5.74, 6) is 0. The lowest BCUT2D eigenvalue weighted by Gasteiger charge is -2.47. The van der Waals surface area contributed by atoms with E-state index in [-0.39, 0.29) is 11.6 Å². The molecular weight excluding hydrogens is 302 g/mol. The van der Waals surface area contributed by atoms with Gasteiger partial charge in [0.1, 0.15) is 0 Å². The van der Waals surface area contributed by atoms with E-state index in [2.05, 4.69) is 71.2 Å². The maximum absolute atomic E-state index is 8.87. The minimum Gasteiger partial charge on any atom is -0.364 e. The summed E-state index contributed by atoms with van der Waals surface area (Å²) in [5.41, 5.74) is 2.51. The predicted octanol–water partition coefficient (Wildman–Crippen LogP) is 3.23. The van der Waals surface area contributed by atoms with Gasteiger partial charge in [-0.3, -0.25) is 0 Å². The Balaban J connectivity index is 2.28. The largest absolute Gasteiger partial charge is 0.364 e. The molecule has 102 valence electrons. The molecule has 1 aromatic rings. The van der Waals surface area contributed by atoms with Crippen LogP contribution in [0.3, 0.4) is 0 Å². The first-order chi connectivity index (χ1) is 8.94. The second kappa shape index (κ2) is 5.52. The van der Waals surface area contributed by atoms with Gasteiger partial charge in [-0.1, -0.05) is 22.0 Å². The Morgan fingerprint density at radius 1 is 1.53 bits per heavy atom. The fourth-order valence-electron chi connectivity index (χ4n) is 2.47. The fourth-order valence-corrected chi connectivity index (χ4v) is 2.84. The van der Waals surface area contributed by atoms with E-state index in [0.29, 0.717) is 6.42 Å². The van der Waals surface area contributed by atoms with Crippen LogP contribution in [-0.2, 0) is 0 Å². The van der Waals surface area contributed by atoms with Crippen LogP contribution < -0.4 is 10.2 Å². The highest BCUT2D eigenvalue weighted by molar-refractivity contribution is 9.10. The highest BCUT2D eigenvalue weighted by Gasteiger charge is 2.34. The predicted molar refractivity (Wildman–Crippen MR) is 82.3 cm³/mol. The summed E-state index contributed by atoms with van der Waals surface area (Å²) in [7, 11) is 0. The summed E-state index contributed by atoms with van der Waals surface area (Å²) in [5, 5.41) is 12.3. The molecule has 1 heterocycles. The quantitative estimate of drug-likeness (QED) is 0.909. The van der Waals surface area contributed by atoms with Gasteiger partial charge in [0.2, 0.25) is 0 Å². The van der Waals surface area contributed by atoms with Crippen LogP contribution in [0.15, 0.2) is 22.7 Å². The highest BCUT2D eigenvalue weighted by Crippen LogP contribution is 2.30. The minimum atomic E-state index is 0.0562. The number of rotatable bonds is 2. The second-order valence-electron chi connectivity index (χ2n) is 5.80. The maximum atomic E-state index is 8.87. The van der Waals surface area contributed by atoms with Gasteiger partial charge >= 0.3 is 0 Å². The van der Waals surface area contributed by atoms with Crippen molar-refractivity contribution < 1.29 is 0 Å². The molecule has 0 radical (unpaired) electrons. The summed E-state index contributed by atoms with van der Waals surface area (Å²) in [6, 6.07) is 8.98. The Morgan fingerprint density at radius 2 is 2.26 bits per heavy atom. The van der Waals surface area contributed by atoms with Crippen molar-refractivity contribution in [2.45, 2.75) is 38.8 Å². The molecule has 1 aliphatic rings. The van der Waals surface area contributed by atoms with E-state index < -0.39 is 0 Å². The first kappa shape index (κ1) is 14.4. The lowest BCUT2D eigenvalue weighted by molar-refractivity contribution is 0.325. The van der Waals surface area contributed by atoms with Crippen molar-refractivity contribution in [3.63, 3.8) is 0 Å². The zero-order valence-corrected chi connectivity index (χ0v) is 13.3. The van der Waals surface area contributed by atoms with Gasteiger partial charge in [-0.15, -0.1) is 0 Å². The molecule has 0 amide bonds. The third-order valence-corrected chi connectivity index (χ3v) is 4.62. The molecule has 4 heteroatoms. The monoisotopic (exact) mass is 321 g/mol. The summed E-state index contributed by atoms with van der Waals surface area (Å²) >= 11 is 3.60. The Morgan fingerprint density at radius 3 is 2.89 bits per heavy atom. The molecule has 1 atom stereocenters. The van der Waals surface area contributed by atoms with Gasteiger partial charge in [-0.2, -0.15) is 5.26 Å². The Kier molecular flexibility index (Phi) is 4.17. The van der Waals surface area contributed by atoms with E-state index in [1.54, 1.807) is 0 Å². The van der Waals surface area contributed by atoms with Gasteiger partial charge in [0.15, 0.2) is 0 Å². The molecule has 2 rings (SSSR count). The molecule has 3 nitrogen and oxygen atoms in total. The fraction of sp³-hybridized carbons (Fsp3) is 0.533. The number of nitrogens with one attached hydrogen (secondary N) is 1. The molecule has 0 aromatic heterocycles. The van der Waals surface area contributed by atoms with E-state index in [1.165, 1.54) is 11.3 Å². The second-order valence-corrected chi connectivity index (χ2v) is 6.65. The topological polar surface area (TPSA) is 39.1 Å². The molecule has 1 aromatic carbocycles. The number of aryl methyl sites for hydroxylation is 1. The Bertz CT molecular complexity index is 505. The minimum absolute atomic E-state index is 0.0562. The number of nitriles is 1. The molecule has 0 aliphatic carbocycles. The molecule has 1 saturated heterocycles. The van der Waals surface area contributed by atoms with E-state index in [9.17, 15) is 0 Å². The average Bonchev–Trinajstić information content (AvgIpc) is 2.35. The van der Waals surface area contributed by atoms with Crippen molar-refractivity contribution in [3.05, 3.63) is 28.2 Å². The molecule has 1 aliphatic heterocycles. The molecule has 1 fully saturated rings. The highest BCUT2D eigenvalue weighted by atomic mass is 79.9. The van der Waals surface area contributed by atoms with Crippen molar-refractivity contribution >= 4 is 21.6 Å². The van der Waals surface area contributed by atoms with Gasteiger partial charge in [0.05, 0.1) is 12.5 Å². The zero-order valence-electron chi connectivity index (χ0n) is 11.7. The van der Waals surface area contributed by atoms with Gasteiger partial charge in [-0.25, -0.2) is 0 Å². The van der Waals surface area contributed by atoms with Crippen LogP contribution in [0.25, 0.3) is 0 Å². The van der Waals surface area contributed by atoms with Crippen molar-refractivity contribution in [2.24, 2.45) is 0 Å². The van der Waals surface area contributed by atoms with Gasteiger partial charge < -0.3 is 10.2 Å². The standard InChI is InChI=1S/C15H20BrN3/c1-11-4-5-13(8-14(11)16)19-9-12(6-7-17)18-10-15(19,2)3/h4-5,8,12,18H,6,9-10H2,1-3H3. The normalized spacial score (nSPS) is 22.1.